The molecule has 0 fully saturated rings. The van der Waals surface area contributed by atoms with Gasteiger partial charge in [-0.2, -0.15) is 4.99 Å². The van der Waals surface area contributed by atoms with Gasteiger partial charge in [-0.15, -0.1) is 0 Å². The van der Waals surface area contributed by atoms with E-state index in [0.717, 1.165) is 0 Å². The molecule has 1 aromatic carbocycles. The van der Waals surface area contributed by atoms with Crippen LogP contribution in [0.25, 0.3) is 0 Å². The molecular weight excluding hydrogens is 254 g/mol. The van der Waals surface area contributed by atoms with Crippen LogP contribution in [-0.4, -0.2) is 31.2 Å². The highest BCUT2D eigenvalue weighted by molar-refractivity contribution is 6.30. The molecule has 18 heavy (non-hydrogen) atoms. The predicted octanol–water partition coefficient (Wildman–Crippen LogP) is 0.698. The Bertz CT molecular complexity index is 511. The molecule has 1 unspecified atom stereocenters. The van der Waals surface area contributed by atoms with Crippen LogP contribution in [0.15, 0.2) is 29.3 Å². The van der Waals surface area contributed by atoms with Crippen LogP contribution in [0.1, 0.15) is 11.5 Å². The lowest BCUT2D eigenvalue weighted by Crippen LogP contribution is -2.46. The second-order valence-corrected chi connectivity index (χ2v) is 4.34. The number of nitrogens with zero attached hydrogens (tertiary/aromatic N) is 1. The van der Waals surface area contributed by atoms with Crippen molar-refractivity contribution in [1.82, 2.24) is 10.6 Å². The molecule has 0 bridgehead atoms. The van der Waals surface area contributed by atoms with E-state index in [-0.39, 0.29) is 5.91 Å². The van der Waals surface area contributed by atoms with E-state index in [1.165, 1.54) is 0 Å². The average Bonchev–Trinajstić information content (AvgIpc) is 2.31. The second-order valence-electron chi connectivity index (χ2n) is 3.90. The molecule has 1 atom stereocenters. The molecule has 94 valence electrons. The highest BCUT2D eigenvalue weighted by Crippen LogP contribution is 2.22. The highest BCUT2D eigenvalue weighted by atomic mass is 35.5. The van der Waals surface area contributed by atoms with E-state index in [4.69, 9.17) is 11.6 Å². The first-order valence-electron chi connectivity index (χ1n) is 5.44. The number of hydrogen-bond donors (Lipinski definition) is 2. The fourth-order valence-electron chi connectivity index (χ4n) is 1.75. The molecule has 5 nitrogen and oxygen atoms in total. The van der Waals surface area contributed by atoms with Gasteiger partial charge in [0, 0.05) is 5.02 Å². The van der Waals surface area contributed by atoms with Crippen molar-refractivity contribution < 1.29 is 9.59 Å². The molecule has 0 radical (unpaired) electrons. The van der Waals surface area contributed by atoms with Gasteiger partial charge >= 0.3 is 0 Å². The number of aliphatic imine (C=N–C) groups is 1. The van der Waals surface area contributed by atoms with Crippen molar-refractivity contribution in [2.75, 3.05) is 13.6 Å². The van der Waals surface area contributed by atoms with Gasteiger partial charge in [0.1, 0.15) is 11.8 Å². The fraction of sp³-hybridized carbons (Fsp3) is 0.250. The Kier molecular flexibility index (Phi) is 3.74. The number of likely N-dealkylation sites (N-methyl/N-ethyl adjacent to an activating group) is 1. The maximum Gasteiger partial charge on any atom is 0.264 e. The molecule has 2 rings (SSSR count). The summed E-state index contributed by atoms with van der Waals surface area (Å²) in [6.45, 7) is 0.352. The molecule has 0 spiro atoms. The standard InChI is InChI=1S/C12H12ClN3O2/c1-14-6-9-15-11(17)10(12(18)16-9)7-2-4-8(13)5-3-7/h2-5,10,14H,6H2,1H3,(H,15,16,17,18). The van der Waals surface area contributed by atoms with E-state index in [0.29, 0.717) is 23.0 Å². The van der Waals surface area contributed by atoms with Gasteiger partial charge in [-0.05, 0) is 24.7 Å². The third-order valence-electron chi connectivity index (χ3n) is 2.57. The number of carbonyl (C=O) groups is 2. The number of carbonyl (C=O) groups excluding carboxylic acids is 2. The quantitative estimate of drug-likeness (QED) is 0.791. The Hall–Kier alpha value is -1.72. The van der Waals surface area contributed by atoms with Crippen LogP contribution in [-0.2, 0) is 9.59 Å². The lowest BCUT2D eigenvalue weighted by Gasteiger charge is -2.20. The molecule has 6 heteroatoms. The van der Waals surface area contributed by atoms with E-state index in [1.54, 1.807) is 31.3 Å². The van der Waals surface area contributed by atoms with Gasteiger partial charge in [0.25, 0.3) is 5.91 Å². The van der Waals surface area contributed by atoms with E-state index in [1.807, 2.05) is 0 Å². The Morgan fingerprint density at radius 1 is 1.33 bits per heavy atom. The van der Waals surface area contributed by atoms with Crippen molar-refractivity contribution in [3.05, 3.63) is 34.9 Å². The monoisotopic (exact) mass is 265 g/mol. The SMILES string of the molecule is CNCC1=NC(=O)C(c2ccc(Cl)cc2)C(=O)N1. The number of rotatable bonds is 3. The van der Waals surface area contributed by atoms with Crippen LogP contribution < -0.4 is 10.6 Å². The average molecular weight is 266 g/mol. The lowest BCUT2D eigenvalue weighted by atomic mass is 9.96. The van der Waals surface area contributed by atoms with E-state index in [9.17, 15) is 9.59 Å². The van der Waals surface area contributed by atoms with Crippen molar-refractivity contribution in [2.24, 2.45) is 4.99 Å². The number of nitrogens with one attached hydrogen (secondary N) is 2. The molecule has 1 aliphatic rings. The van der Waals surface area contributed by atoms with Crippen LogP contribution in [0.2, 0.25) is 5.02 Å². The molecule has 0 aliphatic carbocycles. The summed E-state index contributed by atoms with van der Waals surface area (Å²) in [5.41, 5.74) is 0.592. The Balaban J connectivity index is 2.27. The summed E-state index contributed by atoms with van der Waals surface area (Å²) in [6, 6.07) is 6.60. The summed E-state index contributed by atoms with van der Waals surface area (Å²) in [4.78, 5) is 27.6. The molecule has 0 saturated carbocycles. The van der Waals surface area contributed by atoms with Gasteiger partial charge in [-0.3, -0.25) is 9.59 Å². The van der Waals surface area contributed by atoms with Crippen molar-refractivity contribution in [3.63, 3.8) is 0 Å². The fourth-order valence-corrected chi connectivity index (χ4v) is 1.88. The van der Waals surface area contributed by atoms with Gasteiger partial charge in [0.15, 0.2) is 0 Å². The molecule has 0 saturated heterocycles. The van der Waals surface area contributed by atoms with Crippen LogP contribution in [0.5, 0.6) is 0 Å². The first-order valence-corrected chi connectivity index (χ1v) is 5.82. The van der Waals surface area contributed by atoms with Crippen LogP contribution in [0.3, 0.4) is 0 Å². The lowest BCUT2D eigenvalue weighted by molar-refractivity contribution is -0.129. The summed E-state index contributed by atoms with van der Waals surface area (Å²) in [6.07, 6.45) is 0. The largest absolute Gasteiger partial charge is 0.313 e. The summed E-state index contributed by atoms with van der Waals surface area (Å²) < 4.78 is 0. The van der Waals surface area contributed by atoms with E-state index < -0.39 is 11.8 Å². The third-order valence-corrected chi connectivity index (χ3v) is 2.82. The maximum absolute atomic E-state index is 11.9. The van der Waals surface area contributed by atoms with Crippen LogP contribution in [0, 0.1) is 0 Å². The molecule has 1 aliphatic heterocycles. The topological polar surface area (TPSA) is 70.6 Å². The zero-order valence-corrected chi connectivity index (χ0v) is 10.5. The Labute approximate surface area is 109 Å². The van der Waals surface area contributed by atoms with E-state index >= 15 is 0 Å². The number of amides is 2. The first-order chi connectivity index (χ1) is 8.61. The molecule has 1 heterocycles. The van der Waals surface area contributed by atoms with Crippen LogP contribution in [0.4, 0.5) is 0 Å². The van der Waals surface area contributed by atoms with E-state index in [2.05, 4.69) is 15.6 Å². The zero-order valence-electron chi connectivity index (χ0n) is 9.74. The van der Waals surface area contributed by atoms with Gasteiger partial charge in [0.05, 0.1) is 6.54 Å². The molecule has 0 aromatic heterocycles. The summed E-state index contributed by atoms with van der Waals surface area (Å²) in [7, 11) is 1.71. The van der Waals surface area contributed by atoms with Gasteiger partial charge in [-0.1, -0.05) is 23.7 Å². The van der Waals surface area contributed by atoms with Crippen molar-refractivity contribution in [2.45, 2.75) is 5.92 Å². The van der Waals surface area contributed by atoms with Crippen LogP contribution >= 0.6 is 11.6 Å². The van der Waals surface area contributed by atoms with Gasteiger partial charge < -0.3 is 10.6 Å². The highest BCUT2D eigenvalue weighted by Gasteiger charge is 2.32. The van der Waals surface area contributed by atoms with Crippen molar-refractivity contribution >= 4 is 29.3 Å². The van der Waals surface area contributed by atoms with Crippen molar-refractivity contribution in [1.29, 1.82) is 0 Å². The molecule has 2 N–H and O–H groups in total. The molecule has 2 amide bonds. The summed E-state index contributed by atoms with van der Waals surface area (Å²) in [5.74, 6) is -1.35. The molecular formula is C12H12ClN3O2. The first kappa shape index (κ1) is 12.7. The molecule has 1 aromatic rings. The van der Waals surface area contributed by atoms with Crippen molar-refractivity contribution in [3.8, 4) is 0 Å². The minimum atomic E-state index is -0.886. The Morgan fingerprint density at radius 2 is 2.00 bits per heavy atom. The minimum absolute atomic E-state index is 0.345. The summed E-state index contributed by atoms with van der Waals surface area (Å²) >= 11 is 5.77. The van der Waals surface area contributed by atoms with Gasteiger partial charge in [-0.25, -0.2) is 0 Å². The number of amidine groups is 1. The third kappa shape index (κ3) is 2.57. The maximum atomic E-state index is 11.9. The smallest absolute Gasteiger partial charge is 0.264 e. The summed E-state index contributed by atoms with van der Waals surface area (Å²) in [5, 5.41) is 5.99. The zero-order chi connectivity index (χ0) is 13.1. The second kappa shape index (κ2) is 5.29. The van der Waals surface area contributed by atoms with Gasteiger partial charge in [0.2, 0.25) is 5.91 Å². The number of benzene rings is 1. The Morgan fingerprint density at radius 3 is 2.56 bits per heavy atom. The number of halogens is 1. The normalized spacial score (nSPS) is 19.4. The predicted molar refractivity (Wildman–Crippen MR) is 68.7 cm³/mol. The number of hydrogen-bond acceptors (Lipinski definition) is 3. The minimum Gasteiger partial charge on any atom is -0.313 e.